The second-order valence-corrected chi connectivity index (χ2v) is 5.47. The van der Waals surface area contributed by atoms with Crippen LogP contribution in [0.15, 0.2) is 53.8 Å². The first-order valence-electron chi connectivity index (χ1n) is 7.38. The van der Waals surface area contributed by atoms with Crippen LogP contribution in [0.5, 0.6) is 0 Å². The van der Waals surface area contributed by atoms with Gasteiger partial charge in [0.2, 0.25) is 0 Å². The van der Waals surface area contributed by atoms with Crippen LogP contribution in [-0.2, 0) is 12.7 Å². The van der Waals surface area contributed by atoms with Crippen molar-refractivity contribution >= 4 is 11.4 Å². The summed E-state index contributed by atoms with van der Waals surface area (Å²) in [5.41, 5.74) is 2.20. The molecule has 1 aliphatic rings. The van der Waals surface area contributed by atoms with Gasteiger partial charge in [-0.05, 0) is 42.7 Å². The van der Waals surface area contributed by atoms with E-state index in [4.69, 9.17) is 0 Å². The van der Waals surface area contributed by atoms with Gasteiger partial charge in [0.1, 0.15) is 0 Å². The number of benzene rings is 1. The molecule has 6 heteroatoms. The number of anilines is 1. The zero-order chi connectivity index (χ0) is 16.3. The lowest BCUT2D eigenvalue weighted by Crippen LogP contribution is -2.38. The van der Waals surface area contributed by atoms with Crippen molar-refractivity contribution in [3.63, 3.8) is 0 Å². The third-order valence-corrected chi connectivity index (χ3v) is 3.86. The Morgan fingerprint density at radius 2 is 1.78 bits per heavy atom. The lowest BCUT2D eigenvalue weighted by atomic mass is 9.89. The van der Waals surface area contributed by atoms with Gasteiger partial charge in [0.15, 0.2) is 0 Å². The lowest BCUT2D eigenvalue weighted by molar-refractivity contribution is -0.137. The van der Waals surface area contributed by atoms with Crippen LogP contribution in [0.3, 0.4) is 0 Å². The average Bonchev–Trinajstić information content (AvgIpc) is 2.52. The molecule has 0 spiro atoms. The number of hydrogen-bond donors (Lipinski definition) is 1. The van der Waals surface area contributed by atoms with E-state index in [1.54, 1.807) is 12.4 Å². The normalized spacial score (nSPS) is 19.4. The third kappa shape index (κ3) is 3.88. The van der Waals surface area contributed by atoms with E-state index in [9.17, 15) is 13.2 Å². The molecule has 1 aromatic heterocycles. The van der Waals surface area contributed by atoms with Crippen molar-refractivity contribution < 1.29 is 13.2 Å². The van der Waals surface area contributed by atoms with Crippen molar-refractivity contribution in [2.75, 3.05) is 5.32 Å². The maximum Gasteiger partial charge on any atom is 0.416 e. The molecule has 3 rings (SSSR count). The highest BCUT2D eigenvalue weighted by Crippen LogP contribution is 2.29. The molecule has 1 saturated carbocycles. The monoisotopic (exact) mass is 319 g/mol. The van der Waals surface area contributed by atoms with Gasteiger partial charge in [0.05, 0.1) is 18.2 Å². The SMILES string of the molecule is FC(F)(F)c1ccc(CN=C2CCC2Nc2ccncc2)cc1. The van der Waals surface area contributed by atoms with Gasteiger partial charge in [0.25, 0.3) is 0 Å². The standard InChI is InChI=1S/C17H16F3N3/c18-17(19,20)13-3-1-12(2-4-13)11-22-15-5-6-16(15)23-14-7-9-21-10-8-14/h1-4,7-10,16H,5-6,11H2,(H,21,23). The minimum atomic E-state index is -4.29. The van der Waals surface area contributed by atoms with Gasteiger partial charge in [-0.15, -0.1) is 0 Å². The number of alkyl halides is 3. The van der Waals surface area contributed by atoms with E-state index in [0.717, 1.165) is 41.9 Å². The second kappa shape index (κ2) is 6.40. The first kappa shape index (κ1) is 15.5. The largest absolute Gasteiger partial charge is 0.416 e. The molecule has 120 valence electrons. The molecule has 2 aromatic rings. The van der Waals surface area contributed by atoms with Gasteiger partial charge in [-0.2, -0.15) is 13.2 Å². The molecule has 0 bridgehead atoms. The first-order valence-corrected chi connectivity index (χ1v) is 7.38. The summed E-state index contributed by atoms with van der Waals surface area (Å²) in [5.74, 6) is 0. The van der Waals surface area contributed by atoms with Gasteiger partial charge in [-0.3, -0.25) is 9.98 Å². The average molecular weight is 319 g/mol. The maximum absolute atomic E-state index is 12.5. The Kier molecular flexibility index (Phi) is 4.32. The molecule has 1 atom stereocenters. The lowest BCUT2D eigenvalue weighted by Gasteiger charge is -2.30. The number of aromatic nitrogens is 1. The molecule has 23 heavy (non-hydrogen) atoms. The minimum absolute atomic E-state index is 0.201. The number of nitrogens with one attached hydrogen (secondary N) is 1. The highest BCUT2D eigenvalue weighted by Gasteiger charge is 2.30. The van der Waals surface area contributed by atoms with Crippen molar-refractivity contribution in [3.8, 4) is 0 Å². The van der Waals surface area contributed by atoms with E-state index in [-0.39, 0.29) is 6.04 Å². The molecule has 1 aliphatic carbocycles. The van der Waals surface area contributed by atoms with Crippen LogP contribution in [-0.4, -0.2) is 16.7 Å². The second-order valence-electron chi connectivity index (χ2n) is 5.47. The smallest absolute Gasteiger partial charge is 0.377 e. The van der Waals surface area contributed by atoms with Crippen LogP contribution < -0.4 is 5.32 Å². The van der Waals surface area contributed by atoms with Crippen LogP contribution >= 0.6 is 0 Å². The van der Waals surface area contributed by atoms with Crippen molar-refractivity contribution in [1.29, 1.82) is 0 Å². The predicted octanol–water partition coefficient (Wildman–Crippen LogP) is 4.32. The van der Waals surface area contributed by atoms with E-state index in [1.807, 2.05) is 12.1 Å². The van der Waals surface area contributed by atoms with Crippen LogP contribution in [0, 0.1) is 0 Å². The quantitative estimate of drug-likeness (QED) is 0.911. The molecule has 1 aromatic carbocycles. The summed E-state index contributed by atoms with van der Waals surface area (Å²) >= 11 is 0. The molecule has 0 radical (unpaired) electrons. The van der Waals surface area contributed by atoms with Crippen molar-refractivity contribution in [2.45, 2.75) is 31.6 Å². The highest BCUT2D eigenvalue weighted by atomic mass is 19.4. The molecule has 1 N–H and O–H groups in total. The maximum atomic E-state index is 12.5. The van der Waals surface area contributed by atoms with E-state index >= 15 is 0 Å². The van der Waals surface area contributed by atoms with Gasteiger partial charge < -0.3 is 5.32 Å². The fraction of sp³-hybridized carbons (Fsp3) is 0.294. The topological polar surface area (TPSA) is 37.3 Å². The Bertz CT molecular complexity index is 678. The molecule has 0 aliphatic heterocycles. The van der Waals surface area contributed by atoms with E-state index in [2.05, 4.69) is 15.3 Å². The highest BCUT2D eigenvalue weighted by molar-refractivity contribution is 5.97. The number of nitrogens with zero attached hydrogens (tertiary/aromatic N) is 2. The van der Waals surface area contributed by atoms with Crippen molar-refractivity contribution in [1.82, 2.24) is 4.98 Å². The Balaban J connectivity index is 1.59. The fourth-order valence-corrected chi connectivity index (χ4v) is 2.40. The van der Waals surface area contributed by atoms with Crippen LogP contribution in [0.1, 0.15) is 24.0 Å². The molecule has 1 unspecified atom stereocenters. The minimum Gasteiger partial charge on any atom is -0.377 e. The molecule has 1 fully saturated rings. The molecule has 1 heterocycles. The summed E-state index contributed by atoms with van der Waals surface area (Å²) < 4.78 is 37.5. The Labute approximate surface area is 132 Å². The van der Waals surface area contributed by atoms with Crippen LogP contribution in [0.4, 0.5) is 18.9 Å². The van der Waals surface area contributed by atoms with E-state index < -0.39 is 11.7 Å². The Morgan fingerprint density at radius 1 is 1.09 bits per heavy atom. The summed E-state index contributed by atoms with van der Waals surface area (Å²) in [5, 5.41) is 3.37. The summed E-state index contributed by atoms with van der Waals surface area (Å²) in [6.07, 6.45) is 1.08. The Morgan fingerprint density at radius 3 is 2.35 bits per heavy atom. The number of halogens is 3. The van der Waals surface area contributed by atoms with Crippen molar-refractivity contribution in [3.05, 3.63) is 59.9 Å². The first-order chi connectivity index (χ1) is 11.0. The molecular weight excluding hydrogens is 303 g/mol. The van der Waals surface area contributed by atoms with Gasteiger partial charge in [0, 0.05) is 23.8 Å². The number of rotatable bonds is 4. The zero-order valence-electron chi connectivity index (χ0n) is 12.3. The number of aliphatic imine (C=N–C) groups is 1. The number of hydrogen-bond acceptors (Lipinski definition) is 3. The van der Waals surface area contributed by atoms with Crippen LogP contribution in [0.25, 0.3) is 0 Å². The predicted molar refractivity (Wildman–Crippen MR) is 83.5 cm³/mol. The third-order valence-electron chi connectivity index (χ3n) is 3.86. The fourth-order valence-electron chi connectivity index (χ4n) is 2.40. The molecule has 0 amide bonds. The van der Waals surface area contributed by atoms with Gasteiger partial charge >= 0.3 is 6.18 Å². The van der Waals surface area contributed by atoms with Crippen LogP contribution in [0.2, 0.25) is 0 Å². The molecule has 0 saturated heterocycles. The van der Waals surface area contributed by atoms with E-state index in [0.29, 0.717) is 6.54 Å². The number of pyridine rings is 1. The molecular formula is C17H16F3N3. The molecule has 3 nitrogen and oxygen atoms in total. The zero-order valence-corrected chi connectivity index (χ0v) is 12.3. The van der Waals surface area contributed by atoms with Gasteiger partial charge in [-0.1, -0.05) is 12.1 Å². The summed E-state index contributed by atoms with van der Waals surface area (Å²) in [6.45, 7) is 0.405. The van der Waals surface area contributed by atoms with Crippen molar-refractivity contribution in [2.24, 2.45) is 4.99 Å². The summed E-state index contributed by atoms with van der Waals surface area (Å²) in [7, 11) is 0. The summed E-state index contributed by atoms with van der Waals surface area (Å²) in [4.78, 5) is 8.49. The van der Waals surface area contributed by atoms with E-state index in [1.165, 1.54) is 12.1 Å². The summed E-state index contributed by atoms with van der Waals surface area (Å²) in [6, 6.07) is 9.16. The Hall–Kier alpha value is -2.37. The van der Waals surface area contributed by atoms with Gasteiger partial charge in [-0.25, -0.2) is 0 Å².